The second-order valence-electron chi connectivity index (χ2n) is 7.34. The molecule has 1 saturated heterocycles. The zero-order valence-corrected chi connectivity index (χ0v) is 16.2. The fourth-order valence-corrected chi connectivity index (χ4v) is 3.82. The molecule has 5 heteroatoms. The predicted octanol–water partition coefficient (Wildman–Crippen LogP) is 3.71. The van der Waals surface area contributed by atoms with E-state index >= 15 is 0 Å². The highest BCUT2D eigenvalue weighted by Gasteiger charge is 2.26. The quantitative estimate of drug-likeness (QED) is 0.741. The molecule has 1 aliphatic rings. The van der Waals surface area contributed by atoms with Gasteiger partial charge in [0.25, 0.3) is 0 Å². The van der Waals surface area contributed by atoms with Gasteiger partial charge in [0.05, 0.1) is 5.69 Å². The van der Waals surface area contributed by atoms with Crippen LogP contribution in [0.3, 0.4) is 0 Å². The topological polar surface area (TPSA) is 50.2 Å². The van der Waals surface area contributed by atoms with E-state index in [0.717, 1.165) is 37.4 Å². The average molecular weight is 374 g/mol. The number of aromatic nitrogens is 2. The summed E-state index contributed by atoms with van der Waals surface area (Å²) < 4.78 is 2.09. The molecule has 5 nitrogen and oxygen atoms in total. The van der Waals surface area contributed by atoms with E-state index in [1.165, 1.54) is 11.1 Å². The molecule has 3 aromatic rings. The van der Waals surface area contributed by atoms with Gasteiger partial charge in [-0.2, -0.15) is 0 Å². The van der Waals surface area contributed by atoms with Crippen molar-refractivity contribution in [2.24, 2.45) is 5.92 Å². The van der Waals surface area contributed by atoms with Crippen LogP contribution in [-0.2, 0) is 11.3 Å². The summed E-state index contributed by atoms with van der Waals surface area (Å²) in [5, 5.41) is 3.12. The van der Waals surface area contributed by atoms with Crippen molar-refractivity contribution >= 4 is 11.7 Å². The standard InChI is InChI=1S/C23H26N4O/c1-18-7-2-3-8-20(18)17-25-23(28)19-10-15-27(16-11-19)22-21(9-6-12-24-22)26-13-4-5-14-26/h2-9,12-14,19H,10-11,15-17H2,1H3,(H,25,28). The molecular weight excluding hydrogens is 348 g/mol. The van der Waals surface area contributed by atoms with Gasteiger partial charge in [-0.1, -0.05) is 24.3 Å². The lowest BCUT2D eigenvalue weighted by molar-refractivity contribution is -0.125. The Balaban J connectivity index is 1.36. The van der Waals surface area contributed by atoms with Crippen LogP contribution >= 0.6 is 0 Å². The average Bonchev–Trinajstić information content (AvgIpc) is 3.28. The Morgan fingerprint density at radius 3 is 2.57 bits per heavy atom. The third kappa shape index (κ3) is 3.93. The molecular formula is C23H26N4O. The molecule has 1 amide bonds. The maximum absolute atomic E-state index is 12.6. The van der Waals surface area contributed by atoms with Crippen LogP contribution in [-0.4, -0.2) is 28.5 Å². The van der Waals surface area contributed by atoms with E-state index in [4.69, 9.17) is 0 Å². The van der Waals surface area contributed by atoms with Crippen LogP contribution in [0.1, 0.15) is 24.0 Å². The summed E-state index contributed by atoms with van der Waals surface area (Å²) in [5.41, 5.74) is 3.47. The number of nitrogens with one attached hydrogen (secondary N) is 1. The van der Waals surface area contributed by atoms with Crippen molar-refractivity contribution in [3.05, 3.63) is 78.2 Å². The van der Waals surface area contributed by atoms with Crippen LogP contribution in [0.5, 0.6) is 0 Å². The Morgan fingerprint density at radius 2 is 1.82 bits per heavy atom. The molecule has 1 fully saturated rings. The Morgan fingerprint density at radius 1 is 1.07 bits per heavy atom. The molecule has 0 aliphatic carbocycles. The summed E-state index contributed by atoms with van der Waals surface area (Å²) in [6.07, 6.45) is 7.60. The van der Waals surface area contributed by atoms with Gasteiger partial charge in [-0.3, -0.25) is 4.79 Å². The van der Waals surface area contributed by atoms with Gasteiger partial charge < -0.3 is 14.8 Å². The monoisotopic (exact) mass is 374 g/mol. The molecule has 3 heterocycles. The minimum absolute atomic E-state index is 0.0685. The molecule has 0 radical (unpaired) electrons. The SMILES string of the molecule is Cc1ccccc1CNC(=O)C1CCN(c2ncccc2-n2cccc2)CC1. The number of carbonyl (C=O) groups excluding carboxylic acids is 1. The first-order valence-electron chi connectivity index (χ1n) is 9.88. The van der Waals surface area contributed by atoms with E-state index in [1.807, 2.05) is 48.9 Å². The van der Waals surface area contributed by atoms with Gasteiger partial charge in [0, 0.05) is 44.1 Å². The number of carbonyl (C=O) groups is 1. The molecule has 1 N–H and O–H groups in total. The van der Waals surface area contributed by atoms with Gasteiger partial charge in [-0.05, 0) is 55.2 Å². The summed E-state index contributed by atoms with van der Waals surface area (Å²) in [4.78, 5) is 19.5. The summed E-state index contributed by atoms with van der Waals surface area (Å²) in [5.74, 6) is 1.21. The van der Waals surface area contributed by atoms with Crippen molar-refractivity contribution in [3.8, 4) is 5.69 Å². The first-order chi connectivity index (χ1) is 13.7. The summed E-state index contributed by atoms with van der Waals surface area (Å²) in [6.45, 7) is 4.36. The van der Waals surface area contributed by atoms with Gasteiger partial charge in [-0.15, -0.1) is 0 Å². The molecule has 0 atom stereocenters. The molecule has 0 spiro atoms. The maximum atomic E-state index is 12.6. The highest BCUT2D eigenvalue weighted by molar-refractivity contribution is 5.79. The van der Waals surface area contributed by atoms with E-state index in [9.17, 15) is 4.79 Å². The van der Waals surface area contributed by atoms with Gasteiger partial charge in [0.1, 0.15) is 0 Å². The first kappa shape index (κ1) is 18.3. The molecule has 1 aliphatic heterocycles. The molecule has 0 unspecified atom stereocenters. The second kappa shape index (κ2) is 8.30. The molecule has 28 heavy (non-hydrogen) atoms. The van der Waals surface area contributed by atoms with Crippen LogP contribution in [0.4, 0.5) is 5.82 Å². The van der Waals surface area contributed by atoms with Crippen LogP contribution in [0, 0.1) is 12.8 Å². The van der Waals surface area contributed by atoms with Gasteiger partial charge in [0.15, 0.2) is 5.82 Å². The number of hydrogen-bond donors (Lipinski definition) is 1. The number of hydrogen-bond acceptors (Lipinski definition) is 3. The summed E-state index contributed by atoms with van der Waals surface area (Å²) >= 11 is 0. The van der Waals surface area contributed by atoms with Gasteiger partial charge >= 0.3 is 0 Å². The van der Waals surface area contributed by atoms with Gasteiger partial charge in [0.2, 0.25) is 5.91 Å². The third-order valence-corrected chi connectivity index (χ3v) is 5.53. The van der Waals surface area contributed by atoms with Crippen molar-refractivity contribution in [3.63, 3.8) is 0 Å². The molecule has 0 bridgehead atoms. The maximum Gasteiger partial charge on any atom is 0.223 e. The smallest absolute Gasteiger partial charge is 0.223 e. The van der Waals surface area contributed by atoms with Crippen molar-refractivity contribution in [2.45, 2.75) is 26.3 Å². The van der Waals surface area contributed by atoms with Crippen LogP contribution in [0.2, 0.25) is 0 Å². The number of pyridine rings is 1. The Kier molecular flexibility index (Phi) is 5.42. The second-order valence-corrected chi connectivity index (χ2v) is 7.34. The number of piperidine rings is 1. The Labute approximate surface area is 166 Å². The number of nitrogens with zero attached hydrogens (tertiary/aromatic N) is 3. The molecule has 144 valence electrons. The van der Waals surface area contributed by atoms with E-state index in [-0.39, 0.29) is 11.8 Å². The van der Waals surface area contributed by atoms with E-state index in [1.54, 1.807) is 0 Å². The lowest BCUT2D eigenvalue weighted by atomic mass is 9.95. The Hall–Kier alpha value is -3.08. The molecule has 2 aromatic heterocycles. The van der Waals surface area contributed by atoms with Crippen molar-refractivity contribution in [1.29, 1.82) is 0 Å². The third-order valence-electron chi connectivity index (χ3n) is 5.53. The fourth-order valence-electron chi connectivity index (χ4n) is 3.82. The molecule has 0 saturated carbocycles. The van der Waals surface area contributed by atoms with Crippen LogP contribution < -0.4 is 10.2 Å². The normalized spacial score (nSPS) is 14.8. The minimum atomic E-state index is 0.0685. The minimum Gasteiger partial charge on any atom is -0.355 e. The van der Waals surface area contributed by atoms with E-state index < -0.39 is 0 Å². The lowest BCUT2D eigenvalue weighted by Crippen LogP contribution is -2.41. The van der Waals surface area contributed by atoms with Crippen molar-refractivity contribution < 1.29 is 4.79 Å². The molecule has 1 aromatic carbocycles. The van der Waals surface area contributed by atoms with E-state index in [2.05, 4.69) is 44.9 Å². The van der Waals surface area contributed by atoms with E-state index in [0.29, 0.717) is 6.54 Å². The number of anilines is 1. The fraction of sp³-hybridized carbons (Fsp3) is 0.304. The lowest BCUT2D eigenvalue weighted by Gasteiger charge is -2.33. The number of aryl methyl sites for hydroxylation is 1. The Bertz CT molecular complexity index is 927. The van der Waals surface area contributed by atoms with Gasteiger partial charge in [-0.25, -0.2) is 4.98 Å². The number of rotatable bonds is 5. The predicted molar refractivity (Wildman–Crippen MR) is 112 cm³/mol. The highest BCUT2D eigenvalue weighted by atomic mass is 16.1. The largest absolute Gasteiger partial charge is 0.355 e. The zero-order chi connectivity index (χ0) is 19.3. The van der Waals surface area contributed by atoms with Crippen LogP contribution in [0.25, 0.3) is 5.69 Å². The number of amides is 1. The highest BCUT2D eigenvalue weighted by Crippen LogP contribution is 2.27. The molecule has 4 rings (SSSR count). The number of benzene rings is 1. The first-order valence-corrected chi connectivity index (χ1v) is 9.88. The van der Waals surface area contributed by atoms with Crippen molar-refractivity contribution in [1.82, 2.24) is 14.9 Å². The van der Waals surface area contributed by atoms with Crippen LogP contribution in [0.15, 0.2) is 67.1 Å². The zero-order valence-electron chi connectivity index (χ0n) is 16.2. The summed E-state index contributed by atoms with van der Waals surface area (Å²) in [7, 11) is 0. The van der Waals surface area contributed by atoms with Crippen molar-refractivity contribution in [2.75, 3.05) is 18.0 Å². The summed E-state index contributed by atoms with van der Waals surface area (Å²) in [6, 6.07) is 16.3.